The Morgan fingerprint density at radius 1 is 1.08 bits per heavy atom. The number of aromatic nitrogens is 1. The van der Waals surface area contributed by atoms with E-state index in [1.165, 1.54) is 24.0 Å². The van der Waals surface area contributed by atoms with E-state index in [-0.39, 0.29) is 47.9 Å². The minimum absolute atomic E-state index is 0. The van der Waals surface area contributed by atoms with Crippen molar-refractivity contribution in [3.8, 4) is 5.75 Å². The summed E-state index contributed by atoms with van der Waals surface area (Å²) in [4.78, 5) is 36.8. The molecule has 0 bridgehead atoms. The average Bonchev–Trinajstić information content (AvgIpc) is 2.59. The highest BCUT2D eigenvalue weighted by Crippen LogP contribution is 2.19. The number of benzene rings is 1. The van der Waals surface area contributed by atoms with Gasteiger partial charge in [0.05, 0.1) is 0 Å². The molecular weight excluding hydrogens is 451 g/mol. The third kappa shape index (κ3) is 5.80. The summed E-state index contributed by atoms with van der Waals surface area (Å²) in [5, 5.41) is 0. The van der Waals surface area contributed by atoms with Crippen molar-refractivity contribution in [2.45, 2.75) is 13.7 Å². The fourth-order valence-electron chi connectivity index (χ4n) is 2.08. The van der Waals surface area contributed by atoms with Gasteiger partial charge in [0.25, 0.3) is 12.6 Å². The smallest absolute Gasteiger partial charge is 0.346 e. The molecule has 0 aliphatic rings. The van der Waals surface area contributed by atoms with E-state index in [2.05, 4.69) is 0 Å². The quantitative estimate of drug-likeness (QED) is 0.228. The Hall–Kier alpha value is -2.49. The predicted octanol–water partition coefficient (Wildman–Crippen LogP) is -1.58. The summed E-state index contributed by atoms with van der Waals surface area (Å²) in [6.07, 6.45) is 3.27. The molecule has 1 aromatic carbocycles. The maximum absolute atomic E-state index is 12.2. The Kier molecular flexibility index (Phi) is 8.17. The van der Waals surface area contributed by atoms with Gasteiger partial charge in [-0.2, -0.15) is 4.57 Å². The molecule has 0 fully saturated rings. The molecule has 7 nitrogen and oxygen atoms in total. The van der Waals surface area contributed by atoms with Crippen LogP contribution in [-0.4, -0.2) is 36.8 Å². The van der Waals surface area contributed by atoms with E-state index in [9.17, 15) is 14.4 Å². The number of esters is 2. The molecule has 0 aliphatic carbocycles. The van der Waals surface area contributed by atoms with E-state index in [1.807, 2.05) is 0 Å². The third-order valence-corrected chi connectivity index (χ3v) is 3.22. The first-order valence-electron chi connectivity index (χ1n) is 7.54. The maximum Gasteiger partial charge on any atom is 0.346 e. The van der Waals surface area contributed by atoms with Crippen LogP contribution in [0.4, 0.5) is 0 Å². The zero-order chi connectivity index (χ0) is 18.4. The highest BCUT2D eigenvalue weighted by Gasteiger charge is 2.17. The van der Waals surface area contributed by atoms with Crippen molar-refractivity contribution in [1.82, 2.24) is 4.90 Å². The summed E-state index contributed by atoms with van der Waals surface area (Å²) in [6, 6.07) is 9.69. The molecule has 0 saturated carbocycles. The van der Waals surface area contributed by atoms with Gasteiger partial charge in [0.2, 0.25) is 0 Å². The summed E-state index contributed by atoms with van der Waals surface area (Å²) >= 11 is 0. The van der Waals surface area contributed by atoms with E-state index in [1.54, 1.807) is 55.3 Å². The first-order chi connectivity index (χ1) is 11.9. The van der Waals surface area contributed by atoms with E-state index in [4.69, 9.17) is 9.47 Å². The van der Waals surface area contributed by atoms with Crippen molar-refractivity contribution in [3.05, 3.63) is 59.9 Å². The van der Waals surface area contributed by atoms with Gasteiger partial charge in [0.15, 0.2) is 12.4 Å². The van der Waals surface area contributed by atoms with E-state index < -0.39 is 11.9 Å². The van der Waals surface area contributed by atoms with E-state index in [0.717, 1.165) is 0 Å². The van der Waals surface area contributed by atoms with Crippen molar-refractivity contribution in [2.75, 3.05) is 14.1 Å². The van der Waals surface area contributed by atoms with Crippen molar-refractivity contribution >= 4 is 17.8 Å². The van der Waals surface area contributed by atoms with Gasteiger partial charge in [-0.1, -0.05) is 12.1 Å². The fourth-order valence-corrected chi connectivity index (χ4v) is 2.08. The lowest BCUT2D eigenvalue weighted by atomic mass is 10.2. The SMILES string of the molecule is CC(=O)Oc1ccccc1C(=O)OC[n+]1cccc(C(=O)N(C)C)c1.[I-]. The number of nitrogens with zero attached hydrogens (tertiary/aromatic N) is 2. The molecule has 1 heterocycles. The zero-order valence-electron chi connectivity index (χ0n) is 14.6. The lowest BCUT2D eigenvalue weighted by Crippen LogP contribution is -3.00. The molecule has 1 aromatic heterocycles. The largest absolute Gasteiger partial charge is 1.00 e. The van der Waals surface area contributed by atoms with E-state index in [0.29, 0.717) is 5.56 Å². The van der Waals surface area contributed by atoms with Crippen LogP contribution in [0.5, 0.6) is 5.75 Å². The number of hydrogen-bond donors (Lipinski definition) is 0. The molecule has 0 radical (unpaired) electrons. The summed E-state index contributed by atoms with van der Waals surface area (Å²) in [5.74, 6) is -1.17. The van der Waals surface area contributed by atoms with Crippen molar-refractivity contribution in [3.63, 3.8) is 0 Å². The molecule has 0 unspecified atom stereocenters. The second kappa shape index (κ2) is 9.85. The number of ether oxygens (including phenoxy) is 2. The summed E-state index contributed by atoms with van der Waals surface area (Å²) in [5.41, 5.74) is 0.627. The summed E-state index contributed by atoms with van der Waals surface area (Å²) in [6.45, 7) is 1.17. The van der Waals surface area contributed by atoms with Crippen LogP contribution in [0, 0.1) is 0 Å². The molecule has 2 rings (SSSR count). The minimum Gasteiger partial charge on any atom is -1.00 e. The van der Waals surface area contributed by atoms with Crippen LogP contribution in [0.3, 0.4) is 0 Å². The van der Waals surface area contributed by atoms with Crippen LogP contribution in [-0.2, 0) is 16.3 Å². The summed E-state index contributed by atoms with van der Waals surface area (Å²) < 4.78 is 11.8. The molecule has 26 heavy (non-hydrogen) atoms. The average molecular weight is 470 g/mol. The molecule has 138 valence electrons. The van der Waals surface area contributed by atoms with Gasteiger partial charge in [-0.3, -0.25) is 9.59 Å². The molecule has 8 heteroatoms. The number of hydrogen-bond acceptors (Lipinski definition) is 5. The first kappa shape index (κ1) is 21.6. The first-order valence-corrected chi connectivity index (χ1v) is 7.54. The molecule has 2 aromatic rings. The number of pyridine rings is 1. The van der Waals surface area contributed by atoms with Gasteiger partial charge >= 0.3 is 11.9 Å². The van der Waals surface area contributed by atoms with Crippen molar-refractivity contribution < 1.29 is 52.4 Å². The molecule has 0 aliphatic heterocycles. The van der Waals surface area contributed by atoms with Crippen LogP contribution in [0.2, 0.25) is 0 Å². The fraction of sp³-hybridized carbons (Fsp3) is 0.222. The van der Waals surface area contributed by atoms with Crippen LogP contribution in [0.15, 0.2) is 48.8 Å². The molecule has 0 N–H and O–H groups in total. The maximum atomic E-state index is 12.2. The normalized spacial score (nSPS) is 9.65. The van der Waals surface area contributed by atoms with Crippen LogP contribution in [0.25, 0.3) is 0 Å². The molecule has 0 saturated heterocycles. The molecule has 1 amide bonds. The van der Waals surface area contributed by atoms with Gasteiger partial charge in [-0.05, 0) is 18.2 Å². The lowest BCUT2D eigenvalue weighted by Gasteiger charge is -2.09. The Labute approximate surface area is 168 Å². The van der Waals surface area contributed by atoms with Gasteiger partial charge in [-0.25, -0.2) is 4.79 Å². The Balaban J connectivity index is 0.00000338. The Morgan fingerprint density at radius 3 is 2.42 bits per heavy atom. The topological polar surface area (TPSA) is 76.8 Å². The van der Waals surface area contributed by atoms with Crippen molar-refractivity contribution in [2.24, 2.45) is 0 Å². The van der Waals surface area contributed by atoms with Crippen molar-refractivity contribution in [1.29, 1.82) is 0 Å². The highest BCUT2D eigenvalue weighted by atomic mass is 127. The number of para-hydroxylation sites is 1. The molecule has 0 spiro atoms. The summed E-state index contributed by atoms with van der Waals surface area (Å²) in [7, 11) is 3.32. The zero-order valence-corrected chi connectivity index (χ0v) is 16.8. The second-order valence-corrected chi connectivity index (χ2v) is 5.46. The van der Waals surface area contributed by atoms with Gasteiger partial charge in [0.1, 0.15) is 16.9 Å². The highest BCUT2D eigenvalue weighted by molar-refractivity contribution is 5.93. The molecule has 0 atom stereocenters. The standard InChI is InChI=1S/C18H19N2O5.HI/c1-13(21)25-16-9-5-4-8-15(16)18(23)24-12-20-10-6-7-14(11-20)17(22)19(2)3;/h4-11H,12H2,1-3H3;1H/q+1;/p-1. The third-order valence-electron chi connectivity index (χ3n) is 3.22. The number of carbonyl (C=O) groups is 3. The number of amides is 1. The Morgan fingerprint density at radius 2 is 1.77 bits per heavy atom. The molecular formula is C18H19IN2O5. The van der Waals surface area contributed by atoms with Crippen LogP contribution >= 0.6 is 0 Å². The number of carbonyl (C=O) groups excluding carboxylic acids is 3. The second-order valence-electron chi connectivity index (χ2n) is 5.46. The lowest BCUT2D eigenvalue weighted by molar-refractivity contribution is -0.727. The van der Waals surface area contributed by atoms with E-state index >= 15 is 0 Å². The van der Waals surface area contributed by atoms with Gasteiger partial charge in [0, 0.05) is 27.1 Å². The van der Waals surface area contributed by atoms with Gasteiger partial charge < -0.3 is 38.4 Å². The Bertz CT molecular complexity index is 808. The van der Waals surface area contributed by atoms with Gasteiger partial charge in [-0.15, -0.1) is 0 Å². The number of halogens is 1. The number of rotatable bonds is 5. The van der Waals surface area contributed by atoms with Crippen LogP contribution in [0.1, 0.15) is 27.6 Å². The predicted molar refractivity (Wildman–Crippen MR) is 87.8 cm³/mol. The minimum atomic E-state index is -0.631. The van der Waals surface area contributed by atoms with Crippen LogP contribution < -0.4 is 33.3 Å². The monoisotopic (exact) mass is 470 g/mol.